The molecule has 1 N–H and O–H groups in total. The lowest BCUT2D eigenvalue weighted by Gasteiger charge is -2.05. The average Bonchev–Trinajstić information content (AvgIpc) is 1.98. The van der Waals surface area contributed by atoms with Crippen molar-refractivity contribution in [1.29, 1.82) is 0 Å². The summed E-state index contributed by atoms with van der Waals surface area (Å²) in [5.74, 6) is 0.186. The zero-order valence-corrected chi connectivity index (χ0v) is 8.26. The van der Waals surface area contributed by atoms with Gasteiger partial charge in [-0.2, -0.15) is 0 Å². The smallest absolute Gasteiger partial charge is 0.119 e. The van der Waals surface area contributed by atoms with E-state index in [-0.39, 0.29) is 5.75 Å². The first-order valence-electron chi connectivity index (χ1n) is 4.24. The Morgan fingerprint density at radius 2 is 2.00 bits per heavy atom. The number of allylic oxidation sites excluding steroid dienone is 1. The van der Waals surface area contributed by atoms with Crippen LogP contribution in [0.4, 0.5) is 0 Å². The molecule has 0 aliphatic carbocycles. The van der Waals surface area contributed by atoms with Gasteiger partial charge in [-0.1, -0.05) is 23.2 Å². The molecule has 1 aromatic rings. The molecule has 0 aromatic heterocycles. The van der Waals surface area contributed by atoms with E-state index in [0.717, 1.165) is 11.1 Å². The predicted octanol–water partition coefficient (Wildman–Crippen LogP) is 1.92. The van der Waals surface area contributed by atoms with E-state index in [1.807, 2.05) is 32.9 Å². The van der Waals surface area contributed by atoms with Gasteiger partial charge in [-0.05, 0) is 38.0 Å². The van der Waals surface area contributed by atoms with E-state index in [1.54, 1.807) is 6.07 Å². The van der Waals surface area contributed by atoms with Crippen LogP contribution in [0, 0.1) is 6.92 Å². The highest BCUT2D eigenvalue weighted by Gasteiger charge is 2.00. The molecule has 0 fully saturated rings. The third-order valence-corrected chi connectivity index (χ3v) is 1.81. The number of phenols is 1. The summed E-state index contributed by atoms with van der Waals surface area (Å²) in [6, 6.07) is 3.69. The van der Waals surface area contributed by atoms with Gasteiger partial charge in [0.05, 0.1) is 0 Å². The first-order chi connectivity index (χ1) is 6.00. The zero-order chi connectivity index (χ0) is 10.0. The molecule has 1 nitrogen and oxygen atoms in total. The van der Waals surface area contributed by atoms with Gasteiger partial charge in [0, 0.05) is 0 Å². The van der Waals surface area contributed by atoms with Gasteiger partial charge in [-0.15, -0.1) is 0 Å². The van der Waals surface area contributed by atoms with Gasteiger partial charge in [0.2, 0.25) is 0 Å². The fraction of sp³-hybridized carbons (Fsp3) is 0.273. The summed E-state index contributed by atoms with van der Waals surface area (Å²) in [6.07, 6.45) is 2.03. The Hall–Kier alpha value is -1.18. The van der Waals surface area contributed by atoms with Crippen LogP contribution >= 0.6 is 0 Å². The minimum absolute atomic E-state index is 0.186. The van der Waals surface area contributed by atoms with Crippen molar-refractivity contribution in [3.05, 3.63) is 28.8 Å². The maximum Gasteiger partial charge on any atom is 0.119 e. The average molecular weight is 172 g/mol. The second kappa shape index (κ2) is 3.69. The molecule has 0 aliphatic heterocycles. The summed E-state index contributed by atoms with van der Waals surface area (Å²) < 4.78 is 0. The molecule has 0 saturated heterocycles. The highest BCUT2D eigenvalue weighted by molar-refractivity contribution is 6.34. The summed E-state index contributed by atoms with van der Waals surface area (Å²) in [6.45, 7) is 5.89. The molecule has 0 aliphatic rings. The fourth-order valence-corrected chi connectivity index (χ4v) is 1.25. The standard InChI is InChI=1S/C11H13BO/c1-7(2)4-9-5-8(3)11(13)10(12)6-9/h4-6,13H,1-3H3. The molecule has 0 atom stereocenters. The Morgan fingerprint density at radius 3 is 2.46 bits per heavy atom. The quantitative estimate of drug-likeness (QED) is 0.641. The van der Waals surface area contributed by atoms with Gasteiger partial charge < -0.3 is 5.11 Å². The molecule has 0 heterocycles. The van der Waals surface area contributed by atoms with Gasteiger partial charge >= 0.3 is 0 Å². The Balaban J connectivity index is 3.21. The Morgan fingerprint density at radius 1 is 1.38 bits per heavy atom. The summed E-state index contributed by atoms with van der Waals surface area (Å²) in [7, 11) is 5.62. The minimum atomic E-state index is 0.186. The van der Waals surface area contributed by atoms with Crippen molar-refractivity contribution >= 4 is 19.4 Å². The third-order valence-electron chi connectivity index (χ3n) is 1.81. The van der Waals surface area contributed by atoms with Crippen molar-refractivity contribution in [2.45, 2.75) is 20.8 Å². The van der Waals surface area contributed by atoms with Crippen LogP contribution < -0.4 is 5.46 Å². The van der Waals surface area contributed by atoms with Crippen molar-refractivity contribution in [3.8, 4) is 5.75 Å². The Bertz CT molecular complexity index is 326. The topological polar surface area (TPSA) is 20.2 Å². The molecule has 13 heavy (non-hydrogen) atoms. The third kappa shape index (κ3) is 2.38. The number of phenolic OH excluding ortho intramolecular Hbond substituents is 1. The first kappa shape index (κ1) is 9.91. The summed E-state index contributed by atoms with van der Waals surface area (Å²) in [5, 5.41) is 9.42. The highest BCUT2D eigenvalue weighted by Crippen LogP contribution is 2.15. The number of hydrogen-bond donors (Lipinski definition) is 1. The van der Waals surface area contributed by atoms with Crippen LogP contribution in [-0.4, -0.2) is 13.0 Å². The zero-order valence-electron chi connectivity index (χ0n) is 8.26. The number of aryl methyl sites for hydroxylation is 1. The van der Waals surface area contributed by atoms with Crippen LogP contribution in [0.25, 0.3) is 6.08 Å². The van der Waals surface area contributed by atoms with Gasteiger partial charge in [-0.25, -0.2) is 0 Å². The van der Waals surface area contributed by atoms with Crippen LogP contribution in [0.15, 0.2) is 17.7 Å². The van der Waals surface area contributed by atoms with Crippen LogP contribution in [0.5, 0.6) is 5.75 Å². The van der Waals surface area contributed by atoms with Crippen molar-refractivity contribution in [2.75, 3.05) is 0 Å². The number of rotatable bonds is 1. The van der Waals surface area contributed by atoms with E-state index >= 15 is 0 Å². The summed E-state index contributed by atoms with van der Waals surface area (Å²) >= 11 is 0. The molecule has 0 spiro atoms. The molecule has 2 radical (unpaired) electrons. The lowest BCUT2D eigenvalue weighted by Crippen LogP contribution is -2.04. The van der Waals surface area contributed by atoms with Crippen molar-refractivity contribution < 1.29 is 5.11 Å². The van der Waals surface area contributed by atoms with Gasteiger partial charge in [0.25, 0.3) is 0 Å². The normalized spacial score (nSPS) is 9.77. The van der Waals surface area contributed by atoms with Crippen molar-refractivity contribution in [1.82, 2.24) is 0 Å². The van der Waals surface area contributed by atoms with Crippen LogP contribution in [-0.2, 0) is 0 Å². The van der Waals surface area contributed by atoms with Crippen molar-refractivity contribution in [3.63, 3.8) is 0 Å². The number of aromatic hydroxyl groups is 1. The molecule has 2 heteroatoms. The van der Waals surface area contributed by atoms with E-state index < -0.39 is 0 Å². The first-order valence-corrected chi connectivity index (χ1v) is 4.24. The molecule has 0 unspecified atom stereocenters. The molecule has 1 rings (SSSR count). The lowest BCUT2D eigenvalue weighted by molar-refractivity contribution is 0.475. The summed E-state index contributed by atoms with van der Waals surface area (Å²) in [4.78, 5) is 0. The second-order valence-corrected chi connectivity index (χ2v) is 3.50. The molecular weight excluding hydrogens is 159 g/mol. The van der Waals surface area contributed by atoms with E-state index in [9.17, 15) is 5.11 Å². The monoisotopic (exact) mass is 172 g/mol. The van der Waals surface area contributed by atoms with Crippen LogP contribution in [0.1, 0.15) is 25.0 Å². The van der Waals surface area contributed by atoms with E-state index in [2.05, 4.69) is 0 Å². The van der Waals surface area contributed by atoms with E-state index in [0.29, 0.717) is 5.46 Å². The number of hydrogen-bond acceptors (Lipinski definition) is 1. The number of benzene rings is 1. The van der Waals surface area contributed by atoms with E-state index in [1.165, 1.54) is 5.57 Å². The Kier molecular flexibility index (Phi) is 2.81. The Labute approximate surface area is 80.5 Å². The molecule has 0 saturated carbocycles. The molecule has 0 bridgehead atoms. The van der Waals surface area contributed by atoms with Gasteiger partial charge in [0.1, 0.15) is 13.6 Å². The highest BCUT2D eigenvalue weighted by atomic mass is 16.3. The lowest BCUT2D eigenvalue weighted by atomic mass is 9.90. The fourth-order valence-electron chi connectivity index (χ4n) is 1.25. The van der Waals surface area contributed by atoms with E-state index in [4.69, 9.17) is 7.85 Å². The second-order valence-electron chi connectivity index (χ2n) is 3.50. The van der Waals surface area contributed by atoms with Gasteiger partial charge in [-0.3, -0.25) is 0 Å². The van der Waals surface area contributed by atoms with Crippen LogP contribution in [0.3, 0.4) is 0 Å². The molecule has 66 valence electrons. The maximum atomic E-state index is 9.42. The molecule has 0 amide bonds. The maximum absolute atomic E-state index is 9.42. The minimum Gasteiger partial charge on any atom is -0.508 e. The van der Waals surface area contributed by atoms with Crippen LogP contribution in [0.2, 0.25) is 0 Å². The predicted molar refractivity (Wildman–Crippen MR) is 57.6 cm³/mol. The molecule has 1 aromatic carbocycles. The largest absolute Gasteiger partial charge is 0.508 e. The molecular formula is C11H13BO. The van der Waals surface area contributed by atoms with Gasteiger partial charge in [0.15, 0.2) is 0 Å². The SMILES string of the molecule is [B]c1cc(C=C(C)C)cc(C)c1O. The summed E-state index contributed by atoms with van der Waals surface area (Å²) in [5.41, 5.74) is 3.50. The van der Waals surface area contributed by atoms with Crippen molar-refractivity contribution in [2.24, 2.45) is 0 Å².